The summed E-state index contributed by atoms with van der Waals surface area (Å²) in [5, 5.41) is 0. The molecule has 134 valence electrons. The number of rotatable bonds is 8. The highest BCUT2D eigenvalue weighted by Gasteiger charge is 2.25. The summed E-state index contributed by atoms with van der Waals surface area (Å²) in [7, 11) is 0. The van der Waals surface area contributed by atoms with Crippen LogP contribution in [0.15, 0.2) is 24.3 Å². The van der Waals surface area contributed by atoms with Gasteiger partial charge in [0.1, 0.15) is 5.60 Å². The van der Waals surface area contributed by atoms with E-state index in [-0.39, 0.29) is 12.3 Å². The van der Waals surface area contributed by atoms with Crippen molar-refractivity contribution in [2.45, 2.75) is 52.1 Å². The Balaban J connectivity index is 2.37. The van der Waals surface area contributed by atoms with Crippen LogP contribution in [0.5, 0.6) is 0 Å². The monoisotopic (exact) mass is 336 g/mol. The summed E-state index contributed by atoms with van der Waals surface area (Å²) in [6.07, 6.45) is 1.11. The number of benzene rings is 1. The summed E-state index contributed by atoms with van der Waals surface area (Å²) in [6.45, 7) is 6.00. The van der Waals surface area contributed by atoms with Gasteiger partial charge in [0.15, 0.2) is 0 Å². The first-order valence-electron chi connectivity index (χ1n) is 8.20. The van der Waals surface area contributed by atoms with Crippen LogP contribution in [0.3, 0.4) is 0 Å². The second kappa shape index (κ2) is 9.27. The molecule has 0 aliphatic carbocycles. The Labute approximate surface area is 143 Å². The van der Waals surface area contributed by atoms with Crippen LogP contribution >= 0.6 is 0 Å². The van der Waals surface area contributed by atoms with Gasteiger partial charge < -0.3 is 20.9 Å². The number of aryl methyl sites for hydroxylation is 1. The van der Waals surface area contributed by atoms with Crippen molar-refractivity contribution in [3.05, 3.63) is 29.8 Å². The summed E-state index contributed by atoms with van der Waals surface area (Å²) in [5.74, 6) is -0.375. The van der Waals surface area contributed by atoms with Crippen molar-refractivity contribution in [1.82, 2.24) is 0 Å². The zero-order chi connectivity index (χ0) is 18.2. The van der Waals surface area contributed by atoms with Crippen LogP contribution in [-0.4, -0.2) is 24.3 Å². The minimum Gasteiger partial charge on any atom is -0.428 e. The molecule has 6 heteroatoms. The first kappa shape index (κ1) is 20.0. The van der Waals surface area contributed by atoms with Crippen molar-refractivity contribution in [1.29, 1.82) is 0 Å². The number of nitrogen functional groups attached to an aromatic ring is 1. The molecule has 6 nitrogen and oxygen atoms in total. The Morgan fingerprint density at radius 1 is 1.21 bits per heavy atom. The normalized spacial score (nSPS) is 12.5. The highest BCUT2D eigenvalue weighted by molar-refractivity contribution is 5.81. The number of carbonyl (C=O) groups is 2. The SMILES string of the molecule is CC(CN)CCC(=O)OC(=O)OC(C)(C)CCc1ccc(N)cc1. The van der Waals surface area contributed by atoms with E-state index in [1.165, 1.54) is 0 Å². The Kier molecular flexibility index (Phi) is 7.71. The number of esters is 1. The van der Waals surface area contributed by atoms with E-state index in [2.05, 4.69) is 0 Å². The van der Waals surface area contributed by atoms with Crippen LogP contribution in [0.25, 0.3) is 0 Å². The molecule has 4 N–H and O–H groups in total. The van der Waals surface area contributed by atoms with Crippen LogP contribution in [0, 0.1) is 5.92 Å². The summed E-state index contributed by atoms with van der Waals surface area (Å²) in [6, 6.07) is 7.54. The smallest absolute Gasteiger partial charge is 0.428 e. The van der Waals surface area contributed by atoms with E-state index in [9.17, 15) is 9.59 Å². The van der Waals surface area contributed by atoms with E-state index in [4.69, 9.17) is 20.9 Å². The second-order valence-electron chi connectivity index (χ2n) is 6.71. The van der Waals surface area contributed by atoms with Crippen LogP contribution in [0.1, 0.15) is 45.6 Å². The molecule has 1 rings (SSSR count). The van der Waals surface area contributed by atoms with Gasteiger partial charge in [0.2, 0.25) is 0 Å². The number of carbonyl (C=O) groups excluding carboxylic acids is 2. The molecule has 0 aliphatic heterocycles. The average molecular weight is 336 g/mol. The molecule has 24 heavy (non-hydrogen) atoms. The standard InChI is InChI=1S/C18H28N2O4/c1-13(12-19)4-9-16(21)23-17(22)24-18(2,3)11-10-14-5-7-15(20)8-6-14/h5-8,13H,4,9-12,19-20H2,1-3H3. The van der Waals surface area contributed by atoms with Crippen molar-refractivity contribution in [3.63, 3.8) is 0 Å². The molecular weight excluding hydrogens is 308 g/mol. The summed E-state index contributed by atoms with van der Waals surface area (Å²) in [4.78, 5) is 23.3. The van der Waals surface area contributed by atoms with E-state index in [0.29, 0.717) is 25.1 Å². The molecule has 0 fully saturated rings. The molecule has 0 saturated carbocycles. The third-order valence-electron chi connectivity index (χ3n) is 3.80. The van der Waals surface area contributed by atoms with Gasteiger partial charge in [-0.05, 0) is 63.3 Å². The Hall–Kier alpha value is -2.08. The topological polar surface area (TPSA) is 105 Å². The molecule has 0 amide bonds. The van der Waals surface area contributed by atoms with Gasteiger partial charge >= 0.3 is 12.1 Å². The second-order valence-corrected chi connectivity index (χ2v) is 6.71. The first-order valence-corrected chi connectivity index (χ1v) is 8.20. The summed E-state index contributed by atoms with van der Waals surface area (Å²) < 4.78 is 9.95. The van der Waals surface area contributed by atoms with E-state index in [1.807, 2.05) is 31.2 Å². The largest absolute Gasteiger partial charge is 0.516 e. The molecular formula is C18H28N2O4. The predicted octanol–water partition coefficient (Wildman–Crippen LogP) is 3.03. The lowest BCUT2D eigenvalue weighted by atomic mass is 9.98. The number of nitrogens with two attached hydrogens (primary N) is 2. The van der Waals surface area contributed by atoms with Crippen molar-refractivity contribution < 1.29 is 19.1 Å². The van der Waals surface area contributed by atoms with Gasteiger partial charge in [-0.3, -0.25) is 4.79 Å². The predicted molar refractivity (Wildman–Crippen MR) is 93.3 cm³/mol. The highest BCUT2D eigenvalue weighted by Crippen LogP contribution is 2.19. The molecule has 0 saturated heterocycles. The first-order chi connectivity index (χ1) is 11.2. The van der Waals surface area contributed by atoms with Crippen LogP contribution in [0.4, 0.5) is 10.5 Å². The summed E-state index contributed by atoms with van der Waals surface area (Å²) >= 11 is 0. The maximum atomic E-state index is 11.7. The molecule has 0 spiro atoms. The number of ether oxygens (including phenoxy) is 2. The van der Waals surface area contributed by atoms with E-state index in [0.717, 1.165) is 12.0 Å². The lowest BCUT2D eigenvalue weighted by molar-refractivity contribution is -0.142. The Morgan fingerprint density at radius 2 is 1.83 bits per heavy atom. The lowest BCUT2D eigenvalue weighted by Gasteiger charge is -2.24. The fourth-order valence-electron chi connectivity index (χ4n) is 2.05. The van der Waals surface area contributed by atoms with Gasteiger partial charge in [-0.1, -0.05) is 19.1 Å². The minimum absolute atomic E-state index is 0.152. The Morgan fingerprint density at radius 3 is 2.42 bits per heavy atom. The van der Waals surface area contributed by atoms with Crippen molar-refractivity contribution in [2.24, 2.45) is 11.7 Å². The zero-order valence-corrected chi connectivity index (χ0v) is 14.7. The molecule has 1 aromatic carbocycles. The van der Waals surface area contributed by atoms with Crippen LogP contribution < -0.4 is 11.5 Å². The fourth-order valence-corrected chi connectivity index (χ4v) is 2.05. The Bertz CT molecular complexity index is 540. The van der Waals surface area contributed by atoms with Crippen LogP contribution in [-0.2, 0) is 20.7 Å². The molecule has 0 aliphatic rings. The van der Waals surface area contributed by atoms with Gasteiger partial charge in [0.25, 0.3) is 0 Å². The lowest BCUT2D eigenvalue weighted by Crippen LogP contribution is -2.30. The zero-order valence-electron chi connectivity index (χ0n) is 14.7. The molecule has 1 aromatic rings. The summed E-state index contributed by atoms with van der Waals surface area (Å²) in [5.41, 5.74) is 12.2. The van der Waals surface area contributed by atoms with Gasteiger partial charge in [0.05, 0.1) is 0 Å². The molecule has 0 heterocycles. The third kappa shape index (κ3) is 7.97. The van der Waals surface area contributed by atoms with Crippen molar-refractivity contribution in [3.8, 4) is 0 Å². The van der Waals surface area contributed by atoms with Crippen molar-refractivity contribution in [2.75, 3.05) is 12.3 Å². The molecule has 0 bridgehead atoms. The molecule has 0 aromatic heterocycles. The van der Waals surface area contributed by atoms with E-state index in [1.54, 1.807) is 13.8 Å². The maximum absolute atomic E-state index is 11.7. The van der Waals surface area contributed by atoms with Crippen molar-refractivity contribution >= 4 is 17.8 Å². The molecule has 1 atom stereocenters. The van der Waals surface area contributed by atoms with Gasteiger partial charge in [0, 0.05) is 12.1 Å². The van der Waals surface area contributed by atoms with E-state index >= 15 is 0 Å². The average Bonchev–Trinajstić information content (AvgIpc) is 2.51. The van der Waals surface area contributed by atoms with Gasteiger partial charge in [-0.25, -0.2) is 4.79 Å². The highest BCUT2D eigenvalue weighted by atomic mass is 16.7. The number of hydrogen-bond acceptors (Lipinski definition) is 6. The number of hydrogen-bond donors (Lipinski definition) is 2. The third-order valence-corrected chi connectivity index (χ3v) is 3.80. The molecule has 1 unspecified atom stereocenters. The van der Waals surface area contributed by atoms with Gasteiger partial charge in [-0.15, -0.1) is 0 Å². The molecule has 0 radical (unpaired) electrons. The minimum atomic E-state index is -0.956. The fraction of sp³-hybridized carbons (Fsp3) is 0.556. The number of anilines is 1. The van der Waals surface area contributed by atoms with Gasteiger partial charge in [-0.2, -0.15) is 0 Å². The van der Waals surface area contributed by atoms with Crippen LogP contribution in [0.2, 0.25) is 0 Å². The van der Waals surface area contributed by atoms with E-state index < -0.39 is 17.7 Å². The maximum Gasteiger partial charge on any atom is 0.516 e. The quantitative estimate of drug-likeness (QED) is 0.429.